The van der Waals surface area contributed by atoms with Gasteiger partial charge in [-0.3, -0.25) is 0 Å². The normalized spacial score (nSPS) is 10.2. The molecule has 13 heavy (non-hydrogen) atoms. The van der Waals surface area contributed by atoms with Crippen LogP contribution in [0.15, 0.2) is 12.4 Å². The summed E-state index contributed by atoms with van der Waals surface area (Å²) in [6.07, 6.45) is -0.847. The van der Waals surface area contributed by atoms with E-state index in [0.29, 0.717) is 0 Å². The summed E-state index contributed by atoms with van der Waals surface area (Å²) >= 11 is 0. The number of nitrogens with zero attached hydrogens (tertiary/aromatic N) is 2. The zero-order chi connectivity index (χ0) is 9.84. The standard InChI is InChI=1S/C7H6F2N2O2/c1-13-7(12)6-10-2-4(3-11-6)5(8)9/h2-3,5H,1H3. The molecular weight excluding hydrogens is 182 g/mol. The number of hydrogen-bond acceptors (Lipinski definition) is 4. The molecule has 0 aromatic carbocycles. The van der Waals surface area contributed by atoms with Crippen molar-refractivity contribution < 1.29 is 18.3 Å². The molecule has 0 amide bonds. The molecule has 0 fully saturated rings. The van der Waals surface area contributed by atoms with Gasteiger partial charge >= 0.3 is 5.97 Å². The lowest BCUT2D eigenvalue weighted by atomic mass is 10.3. The van der Waals surface area contributed by atoms with Crippen molar-refractivity contribution in [3.05, 3.63) is 23.8 Å². The number of aromatic nitrogens is 2. The molecule has 6 heteroatoms. The van der Waals surface area contributed by atoms with Crippen LogP contribution >= 0.6 is 0 Å². The Balaban J connectivity index is 2.87. The van der Waals surface area contributed by atoms with Gasteiger partial charge in [-0.1, -0.05) is 0 Å². The smallest absolute Gasteiger partial charge is 0.376 e. The van der Waals surface area contributed by atoms with Crippen molar-refractivity contribution in [1.29, 1.82) is 0 Å². The van der Waals surface area contributed by atoms with Crippen LogP contribution in [0.5, 0.6) is 0 Å². The van der Waals surface area contributed by atoms with Crippen LogP contribution in [0.25, 0.3) is 0 Å². The maximum absolute atomic E-state index is 12.0. The molecule has 0 aliphatic carbocycles. The van der Waals surface area contributed by atoms with Crippen LogP contribution in [0.4, 0.5) is 8.78 Å². The molecule has 0 spiro atoms. The van der Waals surface area contributed by atoms with Crippen molar-refractivity contribution in [1.82, 2.24) is 9.97 Å². The van der Waals surface area contributed by atoms with Crippen molar-refractivity contribution in [3.63, 3.8) is 0 Å². The largest absolute Gasteiger partial charge is 0.463 e. The van der Waals surface area contributed by atoms with E-state index in [4.69, 9.17) is 0 Å². The summed E-state index contributed by atoms with van der Waals surface area (Å²) in [6.45, 7) is 0. The molecule has 70 valence electrons. The quantitative estimate of drug-likeness (QED) is 0.654. The number of carbonyl (C=O) groups excluding carboxylic acids is 1. The van der Waals surface area contributed by atoms with Gasteiger partial charge in [0.2, 0.25) is 5.82 Å². The molecule has 0 saturated carbocycles. The highest BCUT2D eigenvalue weighted by atomic mass is 19.3. The first-order valence-electron chi connectivity index (χ1n) is 3.33. The van der Waals surface area contributed by atoms with E-state index < -0.39 is 12.4 Å². The van der Waals surface area contributed by atoms with Gasteiger partial charge in [-0.25, -0.2) is 23.5 Å². The Kier molecular flexibility index (Phi) is 2.84. The van der Waals surface area contributed by atoms with Gasteiger partial charge in [0, 0.05) is 12.4 Å². The molecular formula is C7H6F2N2O2. The number of carbonyl (C=O) groups is 1. The van der Waals surface area contributed by atoms with Gasteiger partial charge in [-0.2, -0.15) is 0 Å². The summed E-state index contributed by atoms with van der Waals surface area (Å²) in [5, 5.41) is 0. The fourth-order valence-electron chi connectivity index (χ4n) is 0.647. The van der Waals surface area contributed by atoms with Crippen LogP contribution in [0.3, 0.4) is 0 Å². The van der Waals surface area contributed by atoms with Crippen molar-refractivity contribution >= 4 is 5.97 Å². The molecule has 0 saturated heterocycles. The van der Waals surface area contributed by atoms with E-state index >= 15 is 0 Å². The lowest BCUT2D eigenvalue weighted by Crippen LogP contribution is -2.07. The minimum atomic E-state index is -2.63. The summed E-state index contributed by atoms with van der Waals surface area (Å²) in [4.78, 5) is 17.6. The molecule has 0 unspecified atom stereocenters. The molecule has 0 aliphatic heterocycles. The number of halogens is 2. The first kappa shape index (κ1) is 9.50. The van der Waals surface area contributed by atoms with Crippen LogP contribution in [-0.4, -0.2) is 23.0 Å². The molecule has 4 nitrogen and oxygen atoms in total. The number of hydrogen-bond donors (Lipinski definition) is 0. The Morgan fingerprint density at radius 2 is 2.00 bits per heavy atom. The number of rotatable bonds is 2. The monoisotopic (exact) mass is 188 g/mol. The first-order chi connectivity index (χ1) is 6.15. The van der Waals surface area contributed by atoms with Gasteiger partial charge in [-0.05, 0) is 0 Å². The minimum Gasteiger partial charge on any atom is -0.463 e. The lowest BCUT2D eigenvalue weighted by molar-refractivity contribution is 0.0585. The van der Waals surface area contributed by atoms with Crippen LogP contribution in [0.1, 0.15) is 22.6 Å². The maximum Gasteiger partial charge on any atom is 0.376 e. The second-order valence-electron chi connectivity index (χ2n) is 2.13. The van der Waals surface area contributed by atoms with Crippen LogP contribution in [0.2, 0.25) is 0 Å². The van der Waals surface area contributed by atoms with E-state index in [1.165, 1.54) is 0 Å². The van der Waals surface area contributed by atoms with Crippen LogP contribution in [0, 0.1) is 0 Å². The molecule has 1 aromatic rings. The molecule has 0 bridgehead atoms. The Morgan fingerprint density at radius 1 is 1.46 bits per heavy atom. The highest BCUT2D eigenvalue weighted by molar-refractivity contribution is 5.84. The van der Waals surface area contributed by atoms with Crippen molar-refractivity contribution in [3.8, 4) is 0 Å². The SMILES string of the molecule is COC(=O)c1ncc(C(F)F)cn1. The second kappa shape index (κ2) is 3.88. The van der Waals surface area contributed by atoms with Gasteiger partial charge in [-0.15, -0.1) is 0 Å². The van der Waals surface area contributed by atoms with Crippen molar-refractivity contribution in [2.45, 2.75) is 6.43 Å². The van der Waals surface area contributed by atoms with E-state index in [0.717, 1.165) is 19.5 Å². The summed E-state index contributed by atoms with van der Waals surface area (Å²) < 4.78 is 28.3. The predicted octanol–water partition coefficient (Wildman–Crippen LogP) is 1.20. The van der Waals surface area contributed by atoms with Crippen LogP contribution < -0.4 is 0 Å². The Hall–Kier alpha value is -1.59. The Morgan fingerprint density at radius 3 is 2.38 bits per heavy atom. The maximum atomic E-state index is 12.0. The summed E-state index contributed by atoms with van der Waals surface area (Å²) in [6, 6.07) is 0. The van der Waals surface area contributed by atoms with E-state index in [2.05, 4.69) is 14.7 Å². The number of ether oxygens (including phenoxy) is 1. The topological polar surface area (TPSA) is 52.1 Å². The van der Waals surface area contributed by atoms with Gasteiger partial charge in [0.1, 0.15) is 0 Å². The average molecular weight is 188 g/mol. The van der Waals surface area contributed by atoms with Gasteiger partial charge < -0.3 is 4.74 Å². The molecule has 1 aromatic heterocycles. The van der Waals surface area contributed by atoms with E-state index in [9.17, 15) is 13.6 Å². The number of esters is 1. The second-order valence-corrected chi connectivity index (χ2v) is 2.13. The van der Waals surface area contributed by atoms with E-state index in [1.54, 1.807) is 0 Å². The lowest BCUT2D eigenvalue weighted by Gasteiger charge is -1.99. The molecule has 0 radical (unpaired) electrons. The number of methoxy groups -OCH3 is 1. The highest BCUT2D eigenvalue weighted by Crippen LogP contribution is 2.15. The third-order valence-electron chi connectivity index (χ3n) is 1.29. The summed E-state index contributed by atoms with van der Waals surface area (Å²) in [7, 11) is 1.16. The third kappa shape index (κ3) is 2.17. The van der Waals surface area contributed by atoms with Crippen molar-refractivity contribution in [2.75, 3.05) is 7.11 Å². The summed E-state index contributed by atoms with van der Waals surface area (Å²) in [5.74, 6) is -0.979. The van der Waals surface area contributed by atoms with Crippen LogP contribution in [-0.2, 0) is 4.74 Å². The zero-order valence-corrected chi connectivity index (χ0v) is 6.70. The molecule has 1 heterocycles. The Bertz CT molecular complexity index is 300. The average Bonchev–Trinajstić information content (AvgIpc) is 2.17. The molecule has 0 N–H and O–H groups in total. The van der Waals surface area contributed by atoms with E-state index in [1.807, 2.05) is 0 Å². The first-order valence-corrected chi connectivity index (χ1v) is 3.33. The van der Waals surface area contributed by atoms with Gasteiger partial charge in [0.05, 0.1) is 12.7 Å². The zero-order valence-electron chi connectivity index (χ0n) is 6.70. The number of alkyl halides is 2. The predicted molar refractivity (Wildman–Crippen MR) is 38.3 cm³/mol. The molecule has 1 rings (SSSR count). The fourth-order valence-corrected chi connectivity index (χ4v) is 0.647. The fraction of sp³-hybridized carbons (Fsp3) is 0.286. The van der Waals surface area contributed by atoms with Gasteiger partial charge in [0.25, 0.3) is 6.43 Å². The minimum absolute atomic E-state index is 0.230. The van der Waals surface area contributed by atoms with Crippen molar-refractivity contribution in [2.24, 2.45) is 0 Å². The molecule has 0 aliphatic rings. The van der Waals surface area contributed by atoms with E-state index in [-0.39, 0.29) is 11.4 Å². The highest BCUT2D eigenvalue weighted by Gasteiger charge is 2.12. The third-order valence-corrected chi connectivity index (χ3v) is 1.29. The summed E-state index contributed by atoms with van der Waals surface area (Å²) in [5.41, 5.74) is -0.326. The molecule has 0 atom stereocenters. The van der Waals surface area contributed by atoms with Gasteiger partial charge in [0.15, 0.2) is 0 Å². The Labute approximate surface area is 72.6 Å².